The van der Waals surface area contributed by atoms with Crippen molar-refractivity contribution in [3.05, 3.63) is 107 Å². The summed E-state index contributed by atoms with van der Waals surface area (Å²) in [5, 5.41) is 0. The third-order valence-electron chi connectivity index (χ3n) is 8.59. The van der Waals surface area contributed by atoms with Gasteiger partial charge in [-0.05, 0) is 68.8 Å². The van der Waals surface area contributed by atoms with Gasteiger partial charge in [0.1, 0.15) is 32.9 Å². The molecule has 8 rings (SSSR count). The van der Waals surface area contributed by atoms with E-state index in [0.717, 1.165) is 11.5 Å². The van der Waals surface area contributed by atoms with Gasteiger partial charge < -0.3 is 18.9 Å². The van der Waals surface area contributed by atoms with Gasteiger partial charge in [-0.25, -0.2) is 0 Å². The van der Waals surface area contributed by atoms with E-state index in [9.17, 15) is 0 Å². The molecule has 0 radical (unpaired) electrons. The third-order valence-corrected chi connectivity index (χ3v) is 15.5. The molecule has 0 saturated carbocycles. The second-order valence-corrected chi connectivity index (χ2v) is 16.8. The molecule has 0 atom stereocenters. The van der Waals surface area contributed by atoms with Gasteiger partial charge in [0.2, 0.25) is 0 Å². The first-order chi connectivity index (χ1) is 21.8. The number of hydrogen-bond donors (Lipinski definition) is 0. The lowest BCUT2D eigenvalue weighted by Gasteiger charge is -2.24. The van der Waals surface area contributed by atoms with Crippen molar-refractivity contribution < 1.29 is 18.9 Å². The average Bonchev–Trinajstić information content (AvgIpc) is 3.86. The first-order valence-electron chi connectivity index (χ1n) is 15.2. The molecule has 0 amide bonds. The van der Waals surface area contributed by atoms with E-state index in [-0.39, 0.29) is 8.16 Å². The summed E-state index contributed by atoms with van der Waals surface area (Å²) in [5.74, 6) is 6.52. The minimum Gasteiger partial charge on any atom is -0.491 e. The van der Waals surface area contributed by atoms with E-state index in [1.807, 2.05) is 0 Å². The Hall–Kier alpha value is -2.20. The zero-order valence-corrected chi connectivity index (χ0v) is 27.7. The summed E-state index contributed by atoms with van der Waals surface area (Å²) in [6.07, 6.45) is 0. The second kappa shape index (κ2) is 12.5. The van der Waals surface area contributed by atoms with Crippen LogP contribution in [-0.4, -0.2) is 62.7 Å². The van der Waals surface area contributed by atoms with Crippen molar-refractivity contribution in [2.45, 2.75) is 8.16 Å². The third kappa shape index (κ3) is 5.06. The number of benzene rings is 4. The van der Waals surface area contributed by atoms with Crippen molar-refractivity contribution >= 4 is 47.0 Å². The van der Waals surface area contributed by atoms with Gasteiger partial charge in [-0.2, -0.15) is 0 Å². The number of fused-ring (bicyclic) bond motifs is 10. The Bertz CT molecular complexity index is 1540. The van der Waals surface area contributed by atoms with E-state index in [0.29, 0.717) is 39.6 Å². The molecule has 2 fully saturated rings. The Balaban J connectivity index is 0.769. The fourth-order valence-corrected chi connectivity index (χ4v) is 13.5. The minimum absolute atomic E-state index is 0.00546. The van der Waals surface area contributed by atoms with Crippen molar-refractivity contribution in [1.29, 1.82) is 0 Å². The van der Waals surface area contributed by atoms with Gasteiger partial charge in [-0.15, -0.1) is 47.0 Å². The monoisotopic (exact) mass is 658 g/mol. The molecule has 0 N–H and O–H groups in total. The van der Waals surface area contributed by atoms with E-state index in [1.165, 1.54) is 67.5 Å². The van der Waals surface area contributed by atoms with Crippen LogP contribution in [0.25, 0.3) is 22.3 Å². The number of ether oxygens (including phenoxy) is 4. The van der Waals surface area contributed by atoms with Crippen molar-refractivity contribution in [3.8, 4) is 33.8 Å². The van der Waals surface area contributed by atoms with E-state index in [4.69, 9.17) is 18.9 Å². The molecule has 44 heavy (non-hydrogen) atoms. The van der Waals surface area contributed by atoms with E-state index in [1.54, 1.807) is 0 Å². The fourth-order valence-electron chi connectivity index (χ4n) is 6.75. The quantitative estimate of drug-likeness (QED) is 0.149. The topological polar surface area (TPSA) is 36.9 Å². The maximum Gasteiger partial charge on any atom is 0.119 e. The van der Waals surface area contributed by atoms with Crippen LogP contribution >= 0.6 is 47.0 Å². The maximum atomic E-state index is 6.11. The first kappa shape index (κ1) is 29.2. The fraction of sp³-hybridized carbons (Fsp3) is 0.333. The summed E-state index contributed by atoms with van der Waals surface area (Å²) < 4.78 is 23.8. The summed E-state index contributed by atoms with van der Waals surface area (Å²) in [5.41, 5.74) is 11.0. The lowest BCUT2D eigenvalue weighted by molar-refractivity contribution is 0.0273. The highest BCUT2D eigenvalue weighted by Crippen LogP contribution is 2.65. The average molecular weight is 659 g/mol. The number of thioether (sulfide) groups is 4. The van der Waals surface area contributed by atoms with E-state index >= 15 is 0 Å². The first-order valence-corrected chi connectivity index (χ1v) is 19.2. The summed E-state index contributed by atoms with van der Waals surface area (Å²) in [6.45, 7) is 3.16. The van der Waals surface area contributed by atoms with Crippen molar-refractivity contribution in [2.24, 2.45) is 0 Å². The van der Waals surface area contributed by atoms with Crippen LogP contribution in [-0.2, 0) is 17.6 Å². The molecule has 2 heterocycles. The molecule has 4 aromatic rings. The van der Waals surface area contributed by atoms with Crippen molar-refractivity contribution in [1.82, 2.24) is 0 Å². The molecule has 8 heteroatoms. The molecule has 4 aliphatic rings. The molecule has 4 nitrogen and oxygen atoms in total. The van der Waals surface area contributed by atoms with Gasteiger partial charge in [0.25, 0.3) is 0 Å². The summed E-state index contributed by atoms with van der Waals surface area (Å²) in [7, 11) is 0. The highest BCUT2D eigenvalue weighted by atomic mass is 32.2. The molecule has 226 valence electrons. The highest BCUT2D eigenvalue weighted by molar-refractivity contribution is 8.21. The smallest absolute Gasteiger partial charge is 0.119 e. The Morgan fingerprint density at radius 2 is 0.818 bits per heavy atom. The molecular formula is C36H34O4S4. The zero-order chi connectivity index (χ0) is 29.4. The number of hydrogen-bond acceptors (Lipinski definition) is 8. The van der Waals surface area contributed by atoms with Crippen LogP contribution in [0.15, 0.2) is 84.9 Å². The van der Waals surface area contributed by atoms with Gasteiger partial charge in [-0.1, -0.05) is 60.7 Å². The standard InChI is InChI=1S/C36H34O4S4/c1-3-7-31-27(5-1)29-11-9-25(23-33(29)35(31)41-19-20-42-35)39-17-15-37-13-14-38-16-18-40-26-10-12-30-28-6-2-4-8-32(28)36(34(30)24-26)43-21-22-44-36/h1-12,23-24H,13-22H2. The number of rotatable bonds is 11. The van der Waals surface area contributed by atoms with Gasteiger partial charge >= 0.3 is 0 Å². The zero-order valence-electron chi connectivity index (χ0n) is 24.4. The van der Waals surface area contributed by atoms with Gasteiger partial charge in [0.05, 0.1) is 26.4 Å². The molecule has 4 aromatic carbocycles. The molecule has 0 unspecified atom stereocenters. The maximum absolute atomic E-state index is 6.11. The lowest BCUT2D eigenvalue weighted by Crippen LogP contribution is -2.14. The Kier molecular flexibility index (Phi) is 8.32. The Morgan fingerprint density at radius 1 is 0.432 bits per heavy atom. The molecular weight excluding hydrogens is 625 g/mol. The summed E-state index contributed by atoms with van der Waals surface area (Å²) in [6, 6.07) is 30.8. The lowest BCUT2D eigenvalue weighted by atomic mass is 10.1. The van der Waals surface area contributed by atoms with Crippen molar-refractivity contribution in [2.75, 3.05) is 62.7 Å². The van der Waals surface area contributed by atoms with Gasteiger partial charge in [-0.3, -0.25) is 0 Å². The van der Waals surface area contributed by atoms with Crippen molar-refractivity contribution in [3.63, 3.8) is 0 Å². The molecule has 2 saturated heterocycles. The predicted octanol–water partition coefficient (Wildman–Crippen LogP) is 8.50. The van der Waals surface area contributed by atoms with Gasteiger partial charge in [0.15, 0.2) is 0 Å². The van der Waals surface area contributed by atoms with Crippen LogP contribution in [0.3, 0.4) is 0 Å². The van der Waals surface area contributed by atoms with Crippen LogP contribution in [0.1, 0.15) is 22.3 Å². The minimum atomic E-state index is 0.00546. The van der Waals surface area contributed by atoms with Gasteiger partial charge in [0, 0.05) is 23.0 Å². The largest absolute Gasteiger partial charge is 0.491 e. The predicted molar refractivity (Wildman–Crippen MR) is 188 cm³/mol. The SMILES string of the molecule is c1ccc2c(c1)-c1ccc(OCCOCCOCCOc3ccc4c(c3)C3(SCCS3)c3ccccc3-4)cc1C21SCCS1. The molecule has 2 aliphatic carbocycles. The van der Waals surface area contributed by atoms with Crippen LogP contribution in [0.5, 0.6) is 11.5 Å². The van der Waals surface area contributed by atoms with Crippen LogP contribution in [0.2, 0.25) is 0 Å². The molecule has 2 aliphatic heterocycles. The van der Waals surface area contributed by atoms with E-state index in [2.05, 4.69) is 132 Å². The Morgan fingerprint density at radius 3 is 1.27 bits per heavy atom. The normalized spacial score (nSPS) is 17.9. The van der Waals surface area contributed by atoms with Crippen LogP contribution in [0, 0.1) is 0 Å². The second-order valence-electron chi connectivity index (χ2n) is 11.1. The van der Waals surface area contributed by atoms with E-state index < -0.39 is 0 Å². The van der Waals surface area contributed by atoms with Crippen LogP contribution < -0.4 is 9.47 Å². The van der Waals surface area contributed by atoms with Crippen LogP contribution in [0.4, 0.5) is 0 Å². The Labute approximate surface area is 276 Å². The summed E-state index contributed by atoms with van der Waals surface area (Å²) in [4.78, 5) is 0. The highest BCUT2D eigenvalue weighted by Gasteiger charge is 2.48. The molecule has 2 spiro atoms. The molecule has 0 aromatic heterocycles. The summed E-state index contributed by atoms with van der Waals surface area (Å²) >= 11 is 8.21. The molecule has 0 bridgehead atoms.